The van der Waals surface area contributed by atoms with Gasteiger partial charge in [-0.05, 0) is 49.7 Å². The lowest BCUT2D eigenvalue weighted by Gasteiger charge is -2.07. The van der Waals surface area contributed by atoms with Gasteiger partial charge in [0.15, 0.2) is 0 Å². The number of hydrogen-bond acceptors (Lipinski definition) is 4. The molecule has 0 aliphatic rings. The fourth-order valence-corrected chi connectivity index (χ4v) is 2.89. The average molecular weight is 274 g/mol. The Morgan fingerprint density at radius 2 is 2.00 bits per heavy atom. The molecule has 0 unspecified atom stereocenters. The van der Waals surface area contributed by atoms with Gasteiger partial charge in [0.1, 0.15) is 5.03 Å². The minimum absolute atomic E-state index is 0.236. The van der Waals surface area contributed by atoms with Crippen molar-refractivity contribution in [3.05, 3.63) is 47.2 Å². The number of carboxylic acid groups (broad SMARTS) is 1. The SMILES string of the molecule is Cc1cc(C)nc(Sc2cc(N)ccc2C(=O)O)c1. The first kappa shape index (κ1) is 13.4. The summed E-state index contributed by atoms with van der Waals surface area (Å²) in [5.41, 5.74) is 8.49. The molecule has 0 fully saturated rings. The fourth-order valence-electron chi connectivity index (χ4n) is 1.77. The van der Waals surface area contributed by atoms with Crippen LogP contribution in [0.4, 0.5) is 5.69 Å². The predicted octanol–water partition coefficient (Wildman–Crippen LogP) is 3.13. The van der Waals surface area contributed by atoms with Crippen molar-refractivity contribution >= 4 is 23.4 Å². The van der Waals surface area contributed by atoms with E-state index in [1.54, 1.807) is 12.1 Å². The van der Waals surface area contributed by atoms with Crippen molar-refractivity contribution < 1.29 is 9.90 Å². The summed E-state index contributed by atoms with van der Waals surface area (Å²) in [6.45, 7) is 3.89. The Morgan fingerprint density at radius 3 is 2.63 bits per heavy atom. The summed E-state index contributed by atoms with van der Waals surface area (Å²) in [6.07, 6.45) is 0. The number of pyridine rings is 1. The molecule has 0 aliphatic carbocycles. The molecule has 5 heteroatoms. The van der Waals surface area contributed by atoms with Crippen LogP contribution in [0.25, 0.3) is 0 Å². The largest absolute Gasteiger partial charge is 0.478 e. The zero-order valence-corrected chi connectivity index (χ0v) is 11.5. The fraction of sp³-hybridized carbons (Fsp3) is 0.143. The van der Waals surface area contributed by atoms with Crippen molar-refractivity contribution in [3.63, 3.8) is 0 Å². The van der Waals surface area contributed by atoms with Crippen LogP contribution < -0.4 is 5.73 Å². The van der Waals surface area contributed by atoms with E-state index in [9.17, 15) is 4.79 Å². The number of rotatable bonds is 3. The first-order chi connectivity index (χ1) is 8.95. The maximum absolute atomic E-state index is 11.2. The number of nitrogens with two attached hydrogens (primary N) is 1. The summed E-state index contributed by atoms with van der Waals surface area (Å²) < 4.78 is 0. The minimum Gasteiger partial charge on any atom is -0.478 e. The molecule has 2 rings (SSSR count). The number of carboxylic acids is 1. The van der Waals surface area contributed by atoms with Crippen molar-refractivity contribution in [1.29, 1.82) is 0 Å². The van der Waals surface area contributed by atoms with Crippen LogP contribution in [0.2, 0.25) is 0 Å². The highest BCUT2D eigenvalue weighted by Gasteiger charge is 2.12. The van der Waals surface area contributed by atoms with E-state index in [-0.39, 0.29) is 5.56 Å². The molecule has 98 valence electrons. The zero-order valence-electron chi connectivity index (χ0n) is 10.7. The highest BCUT2D eigenvalue weighted by Crippen LogP contribution is 2.31. The van der Waals surface area contributed by atoms with E-state index in [2.05, 4.69) is 4.98 Å². The van der Waals surface area contributed by atoms with Gasteiger partial charge in [-0.25, -0.2) is 9.78 Å². The topological polar surface area (TPSA) is 76.2 Å². The smallest absolute Gasteiger partial charge is 0.336 e. The van der Waals surface area contributed by atoms with Gasteiger partial charge >= 0.3 is 5.97 Å². The quantitative estimate of drug-likeness (QED) is 0.841. The number of aromatic carboxylic acids is 1. The number of hydrogen-bond donors (Lipinski definition) is 2. The van der Waals surface area contributed by atoms with Crippen molar-refractivity contribution in [1.82, 2.24) is 4.98 Å². The molecule has 19 heavy (non-hydrogen) atoms. The number of aromatic nitrogens is 1. The molecule has 0 radical (unpaired) electrons. The Bertz CT molecular complexity index is 621. The van der Waals surface area contributed by atoms with Gasteiger partial charge in [-0.3, -0.25) is 0 Å². The summed E-state index contributed by atoms with van der Waals surface area (Å²) in [5, 5.41) is 9.94. The maximum atomic E-state index is 11.2. The van der Waals surface area contributed by atoms with Crippen LogP contribution in [-0.4, -0.2) is 16.1 Å². The van der Waals surface area contributed by atoms with E-state index in [1.165, 1.54) is 17.8 Å². The second kappa shape index (κ2) is 5.32. The third-order valence-electron chi connectivity index (χ3n) is 2.52. The van der Waals surface area contributed by atoms with E-state index in [0.29, 0.717) is 10.6 Å². The van der Waals surface area contributed by atoms with Crippen molar-refractivity contribution in [2.24, 2.45) is 0 Å². The Balaban J connectivity index is 2.42. The van der Waals surface area contributed by atoms with Crippen LogP contribution in [0, 0.1) is 13.8 Å². The van der Waals surface area contributed by atoms with Gasteiger partial charge in [-0.1, -0.05) is 11.8 Å². The first-order valence-corrected chi connectivity index (χ1v) is 6.53. The summed E-state index contributed by atoms with van der Waals surface area (Å²) in [6, 6.07) is 8.66. The molecule has 1 aromatic carbocycles. The van der Waals surface area contributed by atoms with Gasteiger partial charge in [-0.2, -0.15) is 0 Å². The van der Waals surface area contributed by atoms with Crippen molar-refractivity contribution in [2.75, 3.05) is 5.73 Å². The number of nitrogens with zero attached hydrogens (tertiary/aromatic N) is 1. The molecular formula is C14H14N2O2S. The van der Waals surface area contributed by atoms with Gasteiger partial charge in [-0.15, -0.1) is 0 Å². The van der Waals surface area contributed by atoms with Crippen LogP contribution in [0.1, 0.15) is 21.6 Å². The molecule has 0 atom stereocenters. The van der Waals surface area contributed by atoms with Gasteiger partial charge < -0.3 is 10.8 Å². The normalized spacial score (nSPS) is 10.4. The second-order valence-electron chi connectivity index (χ2n) is 4.29. The summed E-state index contributed by atoms with van der Waals surface area (Å²) >= 11 is 1.31. The molecule has 1 aromatic heterocycles. The Hall–Kier alpha value is -2.01. The molecule has 0 saturated heterocycles. The standard InChI is InChI=1S/C14H14N2O2S/c1-8-5-9(2)16-13(6-8)19-12-7-10(15)3-4-11(12)14(17)18/h3-7H,15H2,1-2H3,(H,17,18). The van der Waals surface area contributed by atoms with E-state index in [0.717, 1.165) is 16.3 Å². The molecule has 0 saturated carbocycles. The van der Waals surface area contributed by atoms with Crippen LogP contribution in [0.3, 0.4) is 0 Å². The predicted molar refractivity (Wildman–Crippen MR) is 75.6 cm³/mol. The number of carbonyl (C=O) groups is 1. The van der Waals surface area contributed by atoms with Gasteiger partial charge in [0.2, 0.25) is 0 Å². The highest BCUT2D eigenvalue weighted by molar-refractivity contribution is 7.99. The molecule has 2 aromatic rings. The summed E-state index contributed by atoms with van der Waals surface area (Å²) in [5.74, 6) is -0.966. The molecule has 4 nitrogen and oxygen atoms in total. The zero-order chi connectivity index (χ0) is 14.0. The maximum Gasteiger partial charge on any atom is 0.336 e. The Morgan fingerprint density at radius 1 is 1.26 bits per heavy atom. The monoisotopic (exact) mass is 274 g/mol. The Labute approximate surface area is 115 Å². The average Bonchev–Trinajstić information content (AvgIpc) is 2.26. The molecule has 0 spiro atoms. The first-order valence-electron chi connectivity index (χ1n) is 5.71. The lowest BCUT2D eigenvalue weighted by molar-refractivity contribution is 0.0693. The van der Waals surface area contributed by atoms with E-state index < -0.39 is 5.97 Å². The molecule has 1 heterocycles. The van der Waals surface area contributed by atoms with Crippen LogP contribution in [-0.2, 0) is 0 Å². The molecule has 0 amide bonds. The van der Waals surface area contributed by atoms with Gasteiger partial charge in [0.25, 0.3) is 0 Å². The number of aryl methyl sites for hydroxylation is 2. The molecule has 3 N–H and O–H groups in total. The molecule has 0 bridgehead atoms. The molecule has 0 aliphatic heterocycles. The number of nitrogen functional groups attached to an aromatic ring is 1. The molecular weight excluding hydrogens is 260 g/mol. The second-order valence-corrected chi connectivity index (χ2v) is 5.35. The van der Waals surface area contributed by atoms with E-state index in [4.69, 9.17) is 10.8 Å². The van der Waals surface area contributed by atoms with Gasteiger partial charge in [0, 0.05) is 16.3 Å². The van der Waals surface area contributed by atoms with E-state index in [1.807, 2.05) is 26.0 Å². The lowest BCUT2D eigenvalue weighted by Crippen LogP contribution is -2.00. The van der Waals surface area contributed by atoms with Gasteiger partial charge in [0.05, 0.1) is 5.56 Å². The van der Waals surface area contributed by atoms with Crippen LogP contribution in [0.15, 0.2) is 40.3 Å². The third kappa shape index (κ3) is 3.26. The summed E-state index contributed by atoms with van der Waals surface area (Å²) in [4.78, 5) is 16.2. The van der Waals surface area contributed by atoms with E-state index >= 15 is 0 Å². The lowest BCUT2D eigenvalue weighted by atomic mass is 10.2. The number of anilines is 1. The van der Waals surface area contributed by atoms with Crippen molar-refractivity contribution in [3.8, 4) is 0 Å². The highest BCUT2D eigenvalue weighted by atomic mass is 32.2. The van der Waals surface area contributed by atoms with Crippen molar-refractivity contribution in [2.45, 2.75) is 23.8 Å². The summed E-state index contributed by atoms with van der Waals surface area (Å²) in [7, 11) is 0. The third-order valence-corrected chi connectivity index (χ3v) is 3.50. The van der Waals surface area contributed by atoms with Crippen LogP contribution in [0.5, 0.6) is 0 Å². The number of benzene rings is 1. The minimum atomic E-state index is -0.966. The van der Waals surface area contributed by atoms with Crippen LogP contribution >= 0.6 is 11.8 Å². The Kier molecular flexibility index (Phi) is 3.76.